The van der Waals surface area contributed by atoms with E-state index in [-0.39, 0.29) is 5.91 Å². The van der Waals surface area contributed by atoms with Crippen molar-refractivity contribution >= 4 is 11.6 Å². The van der Waals surface area contributed by atoms with Crippen LogP contribution >= 0.6 is 0 Å². The average Bonchev–Trinajstić information content (AvgIpc) is 3.41. The average molecular weight is 364 g/mol. The van der Waals surface area contributed by atoms with Crippen molar-refractivity contribution in [3.63, 3.8) is 0 Å². The predicted octanol–water partition coefficient (Wildman–Crippen LogP) is 2.84. The summed E-state index contributed by atoms with van der Waals surface area (Å²) >= 11 is 0. The minimum atomic E-state index is -0.475. The Morgan fingerprint density at radius 2 is 2.11 bits per heavy atom. The van der Waals surface area contributed by atoms with Gasteiger partial charge < -0.3 is 13.8 Å². The predicted molar refractivity (Wildman–Crippen MR) is 98.0 cm³/mol. The number of likely N-dealkylation sites (N-methyl/N-ethyl adjacent to an activating group) is 1. The van der Waals surface area contributed by atoms with Crippen LogP contribution < -0.4 is 4.90 Å². The van der Waals surface area contributed by atoms with Crippen molar-refractivity contribution in [2.75, 3.05) is 25.0 Å². The lowest BCUT2D eigenvalue weighted by Gasteiger charge is -2.38. The number of aromatic nitrogens is 2. The minimum absolute atomic E-state index is 0.179. The van der Waals surface area contributed by atoms with Crippen molar-refractivity contribution in [3.05, 3.63) is 54.0 Å². The minimum Gasteiger partial charge on any atom is -0.459 e. The number of hydrogen-bond acceptors (Lipinski definition) is 6. The van der Waals surface area contributed by atoms with Crippen LogP contribution in [0.1, 0.15) is 24.2 Å². The van der Waals surface area contributed by atoms with Crippen LogP contribution in [0.4, 0.5) is 5.69 Å². The molecule has 2 aliphatic rings. The summed E-state index contributed by atoms with van der Waals surface area (Å²) < 4.78 is 10.6. The molecular formula is C20H20N4O3. The Hall–Kier alpha value is -2.93. The molecule has 1 saturated heterocycles. The molecule has 1 fully saturated rings. The SMILES string of the molecule is CN1C(=O)[C@]2(CCCN(Cc3noc(-c4ccco4)n3)C2)c2ccccc21. The third kappa shape index (κ3) is 2.49. The van der Waals surface area contributed by atoms with Crippen LogP contribution in [0.2, 0.25) is 0 Å². The van der Waals surface area contributed by atoms with Gasteiger partial charge in [0.2, 0.25) is 5.91 Å². The number of amides is 1. The van der Waals surface area contributed by atoms with Gasteiger partial charge in [-0.1, -0.05) is 23.4 Å². The molecule has 0 bridgehead atoms. The number of likely N-dealkylation sites (tertiary alicyclic amines) is 1. The topological polar surface area (TPSA) is 75.6 Å². The maximum Gasteiger partial charge on any atom is 0.293 e. The number of nitrogens with zero attached hydrogens (tertiary/aromatic N) is 4. The fraction of sp³-hybridized carbons (Fsp3) is 0.350. The second-order valence-electron chi connectivity index (χ2n) is 7.27. The van der Waals surface area contributed by atoms with Gasteiger partial charge in [0.1, 0.15) is 0 Å². The molecule has 138 valence electrons. The molecular weight excluding hydrogens is 344 g/mol. The number of anilines is 1. The zero-order valence-corrected chi connectivity index (χ0v) is 15.1. The molecule has 27 heavy (non-hydrogen) atoms. The van der Waals surface area contributed by atoms with Gasteiger partial charge in [-0.2, -0.15) is 4.98 Å². The third-order valence-electron chi connectivity index (χ3n) is 5.63. The van der Waals surface area contributed by atoms with Gasteiger partial charge in [-0.15, -0.1) is 0 Å². The van der Waals surface area contributed by atoms with E-state index in [4.69, 9.17) is 8.94 Å². The van der Waals surface area contributed by atoms with Gasteiger partial charge in [0.25, 0.3) is 5.89 Å². The smallest absolute Gasteiger partial charge is 0.293 e. The molecule has 3 aromatic rings. The summed E-state index contributed by atoms with van der Waals surface area (Å²) in [5, 5.41) is 4.08. The van der Waals surface area contributed by atoms with Crippen LogP contribution in [0.15, 0.2) is 51.6 Å². The molecule has 1 amide bonds. The highest BCUT2D eigenvalue weighted by atomic mass is 16.5. The van der Waals surface area contributed by atoms with Crippen LogP contribution in [-0.2, 0) is 16.8 Å². The van der Waals surface area contributed by atoms with Crippen molar-refractivity contribution in [2.24, 2.45) is 0 Å². The highest BCUT2D eigenvalue weighted by Gasteiger charge is 2.51. The number of rotatable bonds is 3. The number of benzene rings is 1. The number of fused-ring (bicyclic) bond motifs is 2. The summed E-state index contributed by atoms with van der Waals surface area (Å²) in [4.78, 5) is 21.6. The van der Waals surface area contributed by atoms with Gasteiger partial charge in [0.15, 0.2) is 11.6 Å². The monoisotopic (exact) mass is 364 g/mol. The van der Waals surface area contributed by atoms with Crippen LogP contribution in [-0.4, -0.2) is 41.1 Å². The molecule has 0 unspecified atom stereocenters. The van der Waals surface area contributed by atoms with Gasteiger partial charge in [0.05, 0.1) is 18.2 Å². The van der Waals surface area contributed by atoms with E-state index in [1.54, 1.807) is 23.3 Å². The van der Waals surface area contributed by atoms with E-state index in [0.29, 0.717) is 30.6 Å². The van der Waals surface area contributed by atoms with Gasteiger partial charge in [-0.3, -0.25) is 9.69 Å². The first kappa shape index (κ1) is 16.3. The first-order chi connectivity index (χ1) is 13.2. The summed E-state index contributed by atoms with van der Waals surface area (Å²) in [6.45, 7) is 2.12. The fourth-order valence-corrected chi connectivity index (χ4v) is 4.41. The number of carbonyl (C=O) groups excluding carboxylic acids is 1. The Bertz CT molecular complexity index is 981. The van der Waals surface area contributed by atoms with Crippen molar-refractivity contribution in [1.82, 2.24) is 15.0 Å². The second kappa shape index (κ2) is 6.06. The largest absolute Gasteiger partial charge is 0.459 e. The summed E-state index contributed by atoms with van der Waals surface area (Å²) in [6.07, 6.45) is 3.40. The molecule has 7 heteroatoms. The molecule has 0 N–H and O–H groups in total. The Labute approximate surface area is 156 Å². The molecule has 5 rings (SSSR count). The number of hydrogen-bond donors (Lipinski definition) is 0. The Balaban J connectivity index is 1.40. The number of furan rings is 1. The first-order valence-corrected chi connectivity index (χ1v) is 9.14. The van der Waals surface area contributed by atoms with Crippen molar-refractivity contribution in [3.8, 4) is 11.7 Å². The highest BCUT2D eigenvalue weighted by molar-refractivity contribution is 6.08. The molecule has 1 atom stereocenters. The number of piperidine rings is 1. The second-order valence-corrected chi connectivity index (χ2v) is 7.27. The van der Waals surface area contributed by atoms with Crippen molar-refractivity contribution in [1.29, 1.82) is 0 Å². The molecule has 0 aliphatic carbocycles. The Morgan fingerprint density at radius 1 is 1.22 bits per heavy atom. The normalized spacial score (nSPS) is 22.6. The molecule has 2 aliphatic heterocycles. The van der Waals surface area contributed by atoms with E-state index in [1.165, 1.54) is 0 Å². The van der Waals surface area contributed by atoms with E-state index in [9.17, 15) is 4.79 Å². The highest BCUT2D eigenvalue weighted by Crippen LogP contribution is 2.46. The third-order valence-corrected chi connectivity index (χ3v) is 5.63. The molecule has 7 nitrogen and oxygen atoms in total. The fourth-order valence-electron chi connectivity index (χ4n) is 4.41. The first-order valence-electron chi connectivity index (χ1n) is 9.14. The molecule has 4 heterocycles. The lowest BCUT2D eigenvalue weighted by molar-refractivity contribution is -0.125. The zero-order chi connectivity index (χ0) is 18.4. The van der Waals surface area contributed by atoms with E-state index < -0.39 is 5.41 Å². The van der Waals surface area contributed by atoms with E-state index in [0.717, 1.165) is 30.6 Å². The summed E-state index contributed by atoms with van der Waals surface area (Å²) in [6, 6.07) is 11.7. The van der Waals surface area contributed by atoms with Crippen LogP contribution in [0.5, 0.6) is 0 Å². The lowest BCUT2D eigenvalue weighted by atomic mass is 9.75. The summed E-state index contributed by atoms with van der Waals surface area (Å²) in [5.41, 5.74) is 1.67. The maximum absolute atomic E-state index is 13.1. The quantitative estimate of drug-likeness (QED) is 0.711. The zero-order valence-electron chi connectivity index (χ0n) is 15.1. The van der Waals surface area contributed by atoms with Crippen LogP contribution in [0, 0.1) is 0 Å². The lowest BCUT2D eigenvalue weighted by Crippen LogP contribution is -2.51. The number of para-hydroxylation sites is 1. The van der Waals surface area contributed by atoms with Gasteiger partial charge >= 0.3 is 0 Å². The molecule has 0 radical (unpaired) electrons. The van der Waals surface area contributed by atoms with E-state index in [2.05, 4.69) is 21.1 Å². The van der Waals surface area contributed by atoms with E-state index >= 15 is 0 Å². The van der Waals surface area contributed by atoms with Crippen molar-refractivity contribution in [2.45, 2.75) is 24.8 Å². The number of carbonyl (C=O) groups is 1. The van der Waals surface area contributed by atoms with E-state index in [1.807, 2.05) is 25.2 Å². The summed E-state index contributed by atoms with van der Waals surface area (Å²) in [5.74, 6) is 1.72. The van der Waals surface area contributed by atoms with Gasteiger partial charge in [-0.05, 0) is 43.1 Å². The van der Waals surface area contributed by atoms with Crippen LogP contribution in [0.3, 0.4) is 0 Å². The molecule has 1 spiro atoms. The summed E-state index contributed by atoms with van der Waals surface area (Å²) in [7, 11) is 1.86. The molecule has 2 aromatic heterocycles. The Morgan fingerprint density at radius 3 is 2.96 bits per heavy atom. The molecule has 1 aromatic carbocycles. The molecule has 0 saturated carbocycles. The maximum atomic E-state index is 13.1. The Kier molecular flexibility index (Phi) is 3.65. The van der Waals surface area contributed by atoms with Crippen molar-refractivity contribution < 1.29 is 13.7 Å². The van der Waals surface area contributed by atoms with Gasteiger partial charge in [0, 0.05) is 19.3 Å². The van der Waals surface area contributed by atoms with Gasteiger partial charge in [-0.25, -0.2) is 0 Å². The standard InChI is InChI=1S/C20H20N4O3/c1-23-15-7-3-2-6-14(15)20(19(23)25)9-5-10-24(13-20)12-17-21-18(27-22-17)16-8-4-11-26-16/h2-4,6-8,11H,5,9-10,12-13H2,1H3/t20-/m0/s1. The van der Waals surface area contributed by atoms with Crippen LogP contribution in [0.25, 0.3) is 11.7 Å².